The van der Waals surface area contributed by atoms with Crippen molar-refractivity contribution in [1.29, 1.82) is 0 Å². The lowest BCUT2D eigenvalue weighted by Crippen LogP contribution is -2.36. The summed E-state index contributed by atoms with van der Waals surface area (Å²) in [5.74, 6) is 0.913. The minimum absolute atomic E-state index is 0.266. The van der Waals surface area contributed by atoms with Crippen molar-refractivity contribution in [3.05, 3.63) is 54.1 Å². The molecule has 2 aromatic rings. The summed E-state index contributed by atoms with van der Waals surface area (Å²) in [7, 11) is -0.275. The van der Waals surface area contributed by atoms with E-state index >= 15 is 0 Å². The van der Waals surface area contributed by atoms with Crippen LogP contribution < -0.4 is 19.1 Å². The molecule has 1 amide bonds. The minimum atomic E-state index is -3.33. The van der Waals surface area contributed by atoms with Gasteiger partial charge in [0.25, 0.3) is 5.91 Å². The van der Waals surface area contributed by atoms with Gasteiger partial charge in [0, 0.05) is 19.2 Å². The molecule has 0 bridgehead atoms. The van der Waals surface area contributed by atoms with Gasteiger partial charge in [0.2, 0.25) is 10.0 Å². The van der Waals surface area contributed by atoms with Gasteiger partial charge in [-0.15, -0.1) is 0 Å². The summed E-state index contributed by atoms with van der Waals surface area (Å²) in [4.78, 5) is 12.3. The first-order chi connectivity index (χ1) is 12.7. The lowest BCUT2D eigenvalue weighted by atomic mass is 10.2. The van der Waals surface area contributed by atoms with Crippen LogP contribution in [0.3, 0.4) is 0 Å². The Morgan fingerprint density at radius 2 is 1.78 bits per heavy atom. The summed E-state index contributed by atoms with van der Waals surface area (Å²) in [6.45, 7) is 1.97. The van der Waals surface area contributed by atoms with E-state index in [4.69, 9.17) is 9.47 Å². The average Bonchev–Trinajstić information content (AvgIpc) is 2.65. The van der Waals surface area contributed by atoms with E-state index in [1.165, 1.54) is 11.4 Å². The summed E-state index contributed by atoms with van der Waals surface area (Å²) >= 11 is 0. The zero-order valence-corrected chi connectivity index (χ0v) is 16.6. The van der Waals surface area contributed by atoms with Crippen molar-refractivity contribution in [2.45, 2.75) is 19.6 Å². The number of carbonyl (C=O) groups is 1. The Hall–Kier alpha value is -2.74. The van der Waals surface area contributed by atoms with Gasteiger partial charge in [-0.3, -0.25) is 9.10 Å². The lowest BCUT2D eigenvalue weighted by molar-refractivity contribution is -0.127. The van der Waals surface area contributed by atoms with Crippen molar-refractivity contribution in [2.24, 2.45) is 0 Å². The molecule has 0 aromatic heterocycles. The van der Waals surface area contributed by atoms with E-state index < -0.39 is 16.1 Å². The molecule has 0 aliphatic carbocycles. The highest BCUT2D eigenvalue weighted by atomic mass is 32.2. The fourth-order valence-electron chi connectivity index (χ4n) is 2.36. The number of nitrogens with one attached hydrogen (secondary N) is 1. The Bertz CT molecular complexity index is 881. The zero-order chi connectivity index (χ0) is 20.0. The van der Waals surface area contributed by atoms with Crippen molar-refractivity contribution >= 4 is 21.6 Å². The van der Waals surface area contributed by atoms with Gasteiger partial charge in [0.05, 0.1) is 19.1 Å². The first-order valence-electron chi connectivity index (χ1n) is 8.32. The van der Waals surface area contributed by atoms with Gasteiger partial charge < -0.3 is 14.8 Å². The van der Waals surface area contributed by atoms with Gasteiger partial charge in [-0.2, -0.15) is 0 Å². The van der Waals surface area contributed by atoms with Crippen LogP contribution in [0, 0.1) is 0 Å². The molecule has 27 heavy (non-hydrogen) atoms. The molecule has 0 saturated carbocycles. The fraction of sp³-hybridized carbons (Fsp3) is 0.316. The van der Waals surface area contributed by atoms with Gasteiger partial charge in [-0.1, -0.05) is 18.2 Å². The number of methoxy groups -OCH3 is 1. The molecule has 0 spiro atoms. The topological polar surface area (TPSA) is 84.9 Å². The lowest BCUT2D eigenvalue weighted by Gasteiger charge is -2.18. The largest absolute Gasteiger partial charge is 0.496 e. The Morgan fingerprint density at radius 3 is 2.37 bits per heavy atom. The second-order valence-corrected chi connectivity index (χ2v) is 8.03. The molecule has 0 radical (unpaired) electrons. The number of ether oxygens (including phenoxy) is 2. The number of para-hydroxylation sites is 1. The molecule has 1 unspecified atom stereocenters. The molecule has 0 heterocycles. The van der Waals surface area contributed by atoms with E-state index in [1.807, 2.05) is 24.3 Å². The smallest absolute Gasteiger partial charge is 0.261 e. The normalized spacial score (nSPS) is 12.1. The SMILES string of the molecule is COc1ccccc1CNC(=O)C(C)Oc1ccc(N(C)S(C)(=O)=O)cc1. The number of amides is 1. The third-order valence-electron chi connectivity index (χ3n) is 4.03. The molecule has 0 aliphatic rings. The van der Waals surface area contributed by atoms with E-state index in [0.29, 0.717) is 23.7 Å². The fourth-order valence-corrected chi connectivity index (χ4v) is 2.86. The number of hydrogen-bond acceptors (Lipinski definition) is 5. The van der Waals surface area contributed by atoms with Gasteiger partial charge in [0.15, 0.2) is 6.10 Å². The summed E-state index contributed by atoms with van der Waals surface area (Å²) in [6, 6.07) is 13.9. The van der Waals surface area contributed by atoms with Gasteiger partial charge >= 0.3 is 0 Å². The molecule has 2 aromatic carbocycles. The number of nitrogens with zero attached hydrogens (tertiary/aromatic N) is 1. The molecular formula is C19H24N2O5S. The molecule has 1 N–H and O–H groups in total. The molecule has 2 rings (SSSR count). The van der Waals surface area contributed by atoms with Crippen molar-refractivity contribution in [3.8, 4) is 11.5 Å². The Kier molecular flexibility index (Phi) is 6.68. The molecule has 8 heteroatoms. The van der Waals surface area contributed by atoms with E-state index in [9.17, 15) is 13.2 Å². The summed E-state index contributed by atoms with van der Waals surface area (Å²) < 4.78 is 35.2. The average molecular weight is 392 g/mol. The van der Waals surface area contributed by atoms with E-state index in [1.54, 1.807) is 38.3 Å². The number of benzene rings is 2. The second kappa shape index (κ2) is 8.77. The maximum atomic E-state index is 12.3. The third kappa shape index (κ3) is 5.62. The monoisotopic (exact) mass is 392 g/mol. The summed E-state index contributed by atoms with van der Waals surface area (Å²) in [6.07, 6.45) is 0.421. The van der Waals surface area contributed by atoms with E-state index in [0.717, 1.165) is 11.8 Å². The van der Waals surface area contributed by atoms with Crippen LogP contribution >= 0.6 is 0 Å². The van der Waals surface area contributed by atoms with Gasteiger partial charge in [-0.25, -0.2) is 8.42 Å². The standard InChI is InChI=1S/C19H24N2O5S/c1-14(19(22)20-13-15-7-5-6-8-18(15)25-3)26-17-11-9-16(10-12-17)21(2)27(4,23)24/h5-12,14H,13H2,1-4H3,(H,20,22). The highest BCUT2D eigenvalue weighted by Gasteiger charge is 2.16. The first-order valence-corrected chi connectivity index (χ1v) is 10.2. The number of sulfonamides is 1. The van der Waals surface area contributed by atoms with Crippen LogP contribution in [-0.4, -0.2) is 40.8 Å². The van der Waals surface area contributed by atoms with Crippen LogP contribution in [0.15, 0.2) is 48.5 Å². The van der Waals surface area contributed by atoms with Crippen LogP contribution in [-0.2, 0) is 21.4 Å². The summed E-state index contributed by atoms with van der Waals surface area (Å²) in [5, 5.41) is 2.81. The maximum absolute atomic E-state index is 12.3. The molecule has 7 nitrogen and oxygen atoms in total. The number of rotatable bonds is 8. The number of hydrogen-bond donors (Lipinski definition) is 1. The first kappa shape index (κ1) is 20.6. The van der Waals surface area contributed by atoms with Crippen molar-refractivity contribution in [2.75, 3.05) is 24.7 Å². The van der Waals surface area contributed by atoms with Crippen molar-refractivity contribution in [3.63, 3.8) is 0 Å². The predicted octanol–water partition coefficient (Wildman–Crippen LogP) is 2.17. The molecule has 0 aliphatic heterocycles. The summed E-state index contributed by atoms with van der Waals surface area (Å²) in [5.41, 5.74) is 1.38. The van der Waals surface area contributed by atoms with Crippen molar-refractivity contribution < 1.29 is 22.7 Å². The van der Waals surface area contributed by atoms with Crippen LogP contribution in [0.5, 0.6) is 11.5 Å². The van der Waals surface area contributed by atoms with Gasteiger partial charge in [0.1, 0.15) is 11.5 Å². The second-order valence-electron chi connectivity index (χ2n) is 6.01. The number of anilines is 1. The van der Waals surface area contributed by atoms with E-state index in [-0.39, 0.29) is 5.91 Å². The Morgan fingerprint density at radius 1 is 1.15 bits per heavy atom. The number of carbonyl (C=O) groups excluding carboxylic acids is 1. The minimum Gasteiger partial charge on any atom is -0.496 e. The zero-order valence-electron chi connectivity index (χ0n) is 15.8. The Labute approximate surface area is 160 Å². The molecule has 1 atom stereocenters. The van der Waals surface area contributed by atoms with E-state index in [2.05, 4.69) is 5.32 Å². The van der Waals surface area contributed by atoms with Crippen LogP contribution in [0.1, 0.15) is 12.5 Å². The predicted molar refractivity (Wildman–Crippen MR) is 105 cm³/mol. The highest BCUT2D eigenvalue weighted by molar-refractivity contribution is 7.92. The Balaban J connectivity index is 1.94. The van der Waals surface area contributed by atoms with Crippen LogP contribution in [0.25, 0.3) is 0 Å². The molecular weight excluding hydrogens is 368 g/mol. The maximum Gasteiger partial charge on any atom is 0.261 e. The molecule has 0 fully saturated rings. The van der Waals surface area contributed by atoms with Crippen LogP contribution in [0.4, 0.5) is 5.69 Å². The quantitative estimate of drug-likeness (QED) is 0.744. The molecule has 0 saturated heterocycles. The third-order valence-corrected chi connectivity index (χ3v) is 5.23. The van der Waals surface area contributed by atoms with Crippen LogP contribution in [0.2, 0.25) is 0 Å². The van der Waals surface area contributed by atoms with Crippen molar-refractivity contribution in [1.82, 2.24) is 5.32 Å². The highest BCUT2D eigenvalue weighted by Crippen LogP contribution is 2.21. The van der Waals surface area contributed by atoms with Gasteiger partial charge in [-0.05, 0) is 37.3 Å². The molecule has 146 valence electrons.